The molecular weight excluding hydrogens is 190 g/mol. The van der Waals surface area contributed by atoms with Gasteiger partial charge < -0.3 is 5.32 Å². The van der Waals surface area contributed by atoms with Gasteiger partial charge in [-0.25, -0.2) is 0 Å². The number of benzene rings is 1. The molecule has 0 radical (unpaired) electrons. The predicted octanol–water partition coefficient (Wildman–Crippen LogP) is 3.71. The van der Waals surface area contributed by atoms with Crippen LogP contribution in [-0.2, 0) is 0 Å². The molecule has 1 aromatic carbocycles. The Kier molecular flexibility index (Phi) is 2.82. The number of anilines is 1. The van der Waals surface area contributed by atoms with Crippen molar-refractivity contribution in [2.24, 2.45) is 0 Å². The first kappa shape index (κ1) is 9.66. The van der Waals surface area contributed by atoms with Gasteiger partial charge in [-0.15, -0.1) is 0 Å². The molecule has 2 rings (SSSR count). The molecule has 1 heterocycles. The Morgan fingerprint density at radius 2 is 2.21 bits per heavy atom. The standard InChI is InChI=1S/C12H15NS/c1-2-9-7-8-12(14)13-11-6-4-3-5-10(9)11/h3-6,9H,2,7-8H2,1H3,(H,13,14). The van der Waals surface area contributed by atoms with Gasteiger partial charge in [0.2, 0.25) is 0 Å². The Morgan fingerprint density at radius 3 is 3.00 bits per heavy atom. The third-order valence-corrected chi connectivity index (χ3v) is 3.19. The summed E-state index contributed by atoms with van der Waals surface area (Å²) in [5.41, 5.74) is 2.64. The molecule has 1 nitrogen and oxygen atoms in total. The Morgan fingerprint density at radius 1 is 1.43 bits per heavy atom. The van der Waals surface area contributed by atoms with E-state index in [1.54, 1.807) is 0 Å². The molecule has 1 aromatic rings. The third kappa shape index (κ3) is 1.80. The normalized spacial score (nSPS) is 20.9. The summed E-state index contributed by atoms with van der Waals surface area (Å²) in [7, 11) is 0. The van der Waals surface area contributed by atoms with Crippen LogP contribution in [0.2, 0.25) is 0 Å². The van der Waals surface area contributed by atoms with Crippen molar-refractivity contribution in [3.05, 3.63) is 29.8 Å². The molecule has 74 valence electrons. The minimum atomic E-state index is 0.666. The van der Waals surface area contributed by atoms with Crippen molar-refractivity contribution in [3.63, 3.8) is 0 Å². The number of hydrogen-bond donors (Lipinski definition) is 1. The van der Waals surface area contributed by atoms with E-state index in [1.165, 1.54) is 24.1 Å². The largest absolute Gasteiger partial charge is 0.350 e. The lowest BCUT2D eigenvalue weighted by atomic mass is 9.92. The van der Waals surface area contributed by atoms with E-state index in [0.717, 1.165) is 11.4 Å². The van der Waals surface area contributed by atoms with Gasteiger partial charge in [0.15, 0.2) is 0 Å². The zero-order valence-electron chi connectivity index (χ0n) is 8.42. The molecule has 14 heavy (non-hydrogen) atoms. The van der Waals surface area contributed by atoms with Gasteiger partial charge in [-0.2, -0.15) is 0 Å². The molecule has 0 amide bonds. The van der Waals surface area contributed by atoms with Crippen molar-refractivity contribution in [1.29, 1.82) is 0 Å². The molecule has 0 fully saturated rings. The molecule has 0 bridgehead atoms. The lowest BCUT2D eigenvalue weighted by Crippen LogP contribution is -2.06. The van der Waals surface area contributed by atoms with Crippen LogP contribution in [0.3, 0.4) is 0 Å². The van der Waals surface area contributed by atoms with E-state index >= 15 is 0 Å². The van der Waals surface area contributed by atoms with E-state index in [9.17, 15) is 0 Å². The Labute approximate surface area is 90.5 Å². The van der Waals surface area contributed by atoms with Crippen LogP contribution in [0.25, 0.3) is 0 Å². The van der Waals surface area contributed by atoms with Crippen molar-refractivity contribution in [2.75, 3.05) is 5.32 Å². The van der Waals surface area contributed by atoms with Crippen molar-refractivity contribution in [3.8, 4) is 0 Å². The molecule has 0 aromatic heterocycles. The van der Waals surface area contributed by atoms with Gasteiger partial charge in [-0.05, 0) is 36.8 Å². The molecule has 1 atom stereocenters. The summed E-state index contributed by atoms with van der Waals surface area (Å²) in [5.74, 6) is 0.666. The third-order valence-electron chi connectivity index (χ3n) is 2.89. The van der Waals surface area contributed by atoms with Crippen LogP contribution < -0.4 is 5.32 Å². The van der Waals surface area contributed by atoms with E-state index in [2.05, 4.69) is 36.5 Å². The Hall–Kier alpha value is -0.890. The van der Waals surface area contributed by atoms with E-state index in [-0.39, 0.29) is 0 Å². The number of nitrogens with one attached hydrogen (secondary N) is 1. The summed E-state index contributed by atoms with van der Waals surface area (Å²) < 4.78 is 0. The topological polar surface area (TPSA) is 12.0 Å². The summed E-state index contributed by atoms with van der Waals surface area (Å²) in [6.45, 7) is 2.25. The van der Waals surface area contributed by atoms with E-state index < -0.39 is 0 Å². The second kappa shape index (κ2) is 4.09. The number of fused-ring (bicyclic) bond motifs is 1. The van der Waals surface area contributed by atoms with Crippen molar-refractivity contribution in [2.45, 2.75) is 32.1 Å². The lowest BCUT2D eigenvalue weighted by molar-refractivity contribution is 0.629. The molecule has 2 heteroatoms. The highest BCUT2D eigenvalue weighted by atomic mass is 32.1. The molecule has 1 unspecified atom stereocenters. The molecule has 0 saturated heterocycles. The highest BCUT2D eigenvalue weighted by Gasteiger charge is 2.17. The molecule has 0 aliphatic carbocycles. The van der Waals surface area contributed by atoms with Gasteiger partial charge in [0, 0.05) is 5.69 Å². The summed E-state index contributed by atoms with van der Waals surface area (Å²) in [5, 5.41) is 3.32. The Balaban J connectivity index is 2.40. The summed E-state index contributed by atoms with van der Waals surface area (Å²) >= 11 is 5.26. The first-order chi connectivity index (χ1) is 6.81. The lowest BCUT2D eigenvalue weighted by Gasteiger charge is -2.14. The van der Waals surface area contributed by atoms with Gasteiger partial charge >= 0.3 is 0 Å². The highest BCUT2D eigenvalue weighted by Crippen LogP contribution is 2.33. The second-order valence-corrected chi connectivity index (χ2v) is 4.27. The van der Waals surface area contributed by atoms with E-state index in [1.807, 2.05) is 0 Å². The number of rotatable bonds is 1. The van der Waals surface area contributed by atoms with Crippen molar-refractivity contribution in [1.82, 2.24) is 0 Å². The minimum absolute atomic E-state index is 0.666. The van der Waals surface area contributed by atoms with Crippen LogP contribution in [0.15, 0.2) is 24.3 Å². The number of para-hydroxylation sites is 1. The molecular formula is C12H15NS. The summed E-state index contributed by atoms with van der Waals surface area (Å²) in [4.78, 5) is 0.980. The maximum atomic E-state index is 5.26. The van der Waals surface area contributed by atoms with Crippen LogP contribution in [0, 0.1) is 0 Å². The maximum Gasteiger partial charge on any atom is 0.0797 e. The molecule has 1 aliphatic rings. The first-order valence-electron chi connectivity index (χ1n) is 5.20. The van der Waals surface area contributed by atoms with Gasteiger partial charge in [0.25, 0.3) is 0 Å². The fourth-order valence-electron chi connectivity index (χ4n) is 2.06. The molecule has 0 saturated carbocycles. The average Bonchev–Trinajstić information content (AvgIpc) is 2.36. The number of hydrogen-bond acceptors (Lipinski definition) is 1. The monoisotopic (exact) mass is 205 g/mol. The van der Waals surface area contributed by atoms with E-state index in [4.69, 9.17) is 12.2 Å². The van der Waals surface area contributed by atoms with Crippen LogP contribution in [0.5, 0.6) is 0 Å². The van der Waals surface area contributed by atoms with Gasteiger partial charge in [0.05, 0.1) is 4.99 Å². The second-order valence-electron chi connectivity index (χ2n) is 3.78. The fourth-order valence-corrected chi connectivity index (χ4v) is 2.29. The smallest absolute Gasteiger partial charge is 0.0797 e. The predicted molar refractivity (Wildman–Crippen MR) is 64.9 cm³/mol. The maximum absolute atomic E-state index is 5.26. The fraction of sp³-hybridized carbons (Fsp3) is 0.417. The molecule has 1 N–H and O–H groups in total. The van der Waals surface area contributed by atoms with Crippen LogP contribution in [0.1, 0.15) is 37.7 Å². The zero-order chi connectivity index (χ0) is 9.97. The zero-order valence-corrected chi connectivity index (χ0v) is 9.23. The van der Waals surface area contributed by atoms with Crippen LogP contribution in [-0.4, -0.2) is 4.99 Å². The van der Waals surface area contributed by atoms with Crippen LogP contribution in [0.4, 0.5) is 5.69 Å². The first-order valence-corrected chi connectivity index (χ1v) is 5.61. The Bertz CT molecular complexity index is 346. The molecule has 0 spiro atoms. The summed E-state index contributed by atoms with van der Waals surface area (Å²) in [6.07, 6.45) is 3.39. The van der Waals surface area contributed by atoms with Crippen molar-refractivity contribution < 1.29 is 0 Å². The summed E-state index contributed by atoms with van der Waals surface area (Å²) in [6, 6.07) is 8.50. The minimum Gasteiger partial charge on any atom is -0.350 e. The van der Waals surface area contributed by atoms with Crippen LogP contribution >= 0.6 is 12.2 Å². The average molecular weight is 205 g/mol. The van der Waals surface area contributed by atoms with Gasteiger partial charge in [-0.1, -0.05) is 37.3 Å². The molecule has 1 aliphatic heterocycles. The highest BCUT2D eigenvalue weighted by molar-refractivity contribution is 7.80. The van der Waals surface area contributed by atoms with Gasteiger partial charge in [0.1, 0.15) is 0 Å². The van der Waals surface area contributed by atoms with Gasteiger partial charge in [-0.3, -0.25) is 0 Å². The number of thiocarbonyl (C=S) groups is 1. The quantitative estimate of drug-likeness (QED) is 0.701. The van der Waals surface area contributed by atoms with E-state index in [0.29, 0.717) is 5.92 Å². The SMILES string of the molecule is CCC1CCC(=S)Nc2ccccc21. The van der Waals surface area contributed by atoms with Crippen molar-refractivity contribution >= 4 is 22.9 Å².